The third-order valence-corrected chi connectivity index (χ3v) is 0. The first kappa shape index (κ1) is 22.9. The molecule has 0 fully saturated rings. The molecule has 0 aliphatic rings. The van der Waals surface area contributed by atoms with Crippen molar-refractivity contribution in [3.05, 3.63) is 0 Å². The van der Waals surface area contributed by atoms with Gasteiger partial charge in [-0.2, -0.15) is 0 Å². The zero-order valence-electron chi connectivity index (χ0n) is 3.72. The smallest absolute Gasteiger partial charge is 0.672 e. The number of hydrogen-bond acceptors (Lipinski definition) is 3. The first-order valence-corrected chi connectivity index (χ1v) is 1.84. The van der Waals surface area contributed by atoms with Gasteiger partial charge in [0.05, 0.1) is 0 Å². The molecule has 30 valence electrons. The molecule has 0 heterocycles. The Morgan fingerprint density at radius 2 is 1.14 bits per heavy atom. The second-order valence-electron chi connectivity index (χ2n) is 0.250. The molecule has 0 aromatic carbocycles. The quantitative estimate of drug-likeness (QED) is 0.324. The Morgan fingerprint density at radius 3 is 1.14 bits per heavy atom. The monoisotopic (exact) mass is 152 g/mol. The van der Waals surface area contributed by atoms with Crippen LogP contribution in [0.4, 0.5) is 0 Å². The van der Waals surface area contributed by atoms with Gasteiger partial charge in [0.1, 0.15) is 0 Å². The van der Waals surface area contributed by atoms with Gasteiger partial charge in [0.2, 0.25) is 0 Å². The van der Waals surface area contributed by atoms with E-state index < -0.39 is 9.17 Å². The fourth-order valence-electron chi connectivity index (χ4n) is 0. The normalized spacial score (nSPS) is 3.43. The van der Waals surface area contributed by atoms with E-state index in [0.717, 1.165) is 0 Å². The van der Waals surface area contributed by atoms with Gasteiger partial charge in [0.25, 0.3) is 0 Å². The molecule has 0 aliphatic heterocycles. The van der Waals surface area contributed by atoms with Crippen molar-refractivity contribution < 1.29 is 73.2 Å². The van der Waals surface area contributed by atoms with Gasteiger partial charge >= 0.3 is 59.1 Å². The maximum absolute atomic E-state index is 8.52. The molecule has 0 radical (unpaired) electrons. The Labute approximate surface area is 98.1 Å². The van der Waals surface area contributed by atoms with Crippen molar-refractivity contribution in [2.75, 3.05) is 0 Å². The summed E-state index contributed by atoms with van der Waals surface area (Å²) in [5, 5.41) is 0. The summed E-state index contributed by atoms with van der Waals surface area (Å²) in [4.78, 5) is 17.0. The molecular formula is H3AlNa2O3Si. The molecule has 0 bridgehead atoms. The molecule has 0 saturated carbocycles. The maximum atomic E-state index is 8.52. The van der Waals surface area contributed by atoms with E-state index in [1.54, 1.807) is 0 Å². The molecule has 7 heavy (non-hydrogen) atoms. The molecule has 7 heteroatoms. The minimum absolute atomic E-state index is 0. The van der Waals surface area contributed by atoms with Gasteiger partial charge in [0, 0.05) is 9.17 Å². The summed E-state index contributed by atoms with van der Waals surface area (Å²) >= 11 is 0. The van der Waals surface area contributed by atoms with Crippen molar-refractivity contribution in [2.45, 2.75) is 0 Å². The second kappa shape index (κ2) is 15.7. The Kier molecular flexibility index (Phi) is 51.4. The van der Waals surface area contributed by atoms with Crippen molar-refractivity contribution in [1.82, 2.24) is 0 Å². The van der Waals surface area contributed by atoms with Crippen molar-refractivity contribution in [2.24, 2.45) is 0 Å². The Morgan fingerprint density at radius 1 is 1.14 bits per heavy atom. The molecule has 0 spiro atoms. The molecule has 0 aromatic rings. The predicted molar refractivity (Wildman–Crippen MR) is 16.4 cm³/mol. The molecule has 0 N–H and O–H groups in total. The van der Waals surface area contributed by atoms with Crippen molar-refractivity contribution in [1.29, 1.82) is 0 Å². The van der Waals surface area contributed by atoms with Gasteiger partial charge in [-0.25, -0.2) is 0 Å². The average molecular weight is 152 g/mol. The number of hydrogen-bond donors (Lipinski definition) is 0. The van der Waals surface area contributed by atoms with E-state index in [9.17, 15) is 0 Å². The average Bonchev–Trinajstić information content (AvgIpc) is 0.811. The van der Waals surface area contributed by atoms with Crippen molar-refractivity contribution in [3.63, 3.8) is 0 Å². The van der Waals surface area contributed by atoms with Crippen LogP contribution in [0.1, 0.15) is 0 Å². The fourth-order valence-corrected chi connectivity index (χ4v) is 0. The van der Waals surface area contributed by atoms with E-state index in [1.807, 2.05) is 0 Å². The van der Waals surface area contributed by atoms with E-state index in [0.29, 0.717) is 0 Å². The standard InChI is InChI=1S/Al.2Na.O3Si.3H/c;;;1-4(2)3;;;/q;2*+1;-2;;;. The van der Waals surface area contributed by atoms with Crippen LogP contribution in [0.2, 0.25) is 0 Å². The summed E-state index contributed by atoms with van der Waals surface area (Å²) in [5.74, 6) is 0. The van der Waals surface area contributed by atoms with Crippen LogP contribution < -0.4 is 68.7 Å². The topological polar surface area (TPSA) is 63.2 Å². The van der Waals surface area contributed by atoms with Crippen LogP contribution >= 0.6 is 0 Å². The first-order chi connectivity index (χ1) is 1.73. The van der Waals surface area contributed by atoms with Crippen molar-refractivity contribution in [3.8, 4) is 0 Å². The molecule has 0 saturated heterocycles. The molecule has 3 nitrogen and oxygen atoms in total. The Bertz CT molecular complexity index is 35.9. The van der Waals surface area contributed by atoms with Crippen LogP contribution in [0.25, 0.3) is 0 Å². The van der Waals surface area contributed by atoms with Crippen molar-refractivity contribution >= 4 is 26.5 Å². The van der Waals surface area contributed by atoms with Gasteiger partial charge in [0.15, 0.2) is 17.4 Å². The van der Waals surface area contributed by atoms with Crippen LogP contribution in [-0.2, 0) is 4.46 Å². The van der Waals surface area contributed by atoms with E-state index in [4.69, 9.17) is 14.1 Å². The Hall–Kier alpha value is 2.15. The zero-order valence-corrected chi connectivity index (χ0v) is 8.72. The van der Waals surface area contributed by atoms with Gasteiger partial charge < -0.3 is 14.1 Å². The summed E-state index contributed by atoms with van der Waals surface area (Å²) in [5.41, 5.74) is 0. The van der Waals surface area contributed by atoms with Crippen LogP contribution in [0, 0.1) is 0 Å². The Balaban J connectivity index is -0.0000000150. The fraction of sp³-hybridized carbons (Fsp3) is 0. The van der Waals surface area contributed by atoms with Crippen LogP contribution in [0.3, 0.4) is 0 Å². The van der Waals surface area contributed by atoms with Gasteiger partial charge in [-0.05, 0) is 0 Å². The van der Waals surface area contributed by atoms with Crippen LogP contribution in [0.5, 0.6) is 0 Å². The first-order valence-electron chi connectivity index (χ1n) is 0.612. The van der Waals surface area contributed by atoms with E-state index >= 15 is 0 Å². The zero-order chi connectivity index (χ0) is 3.58. The molecular weight excluding hydrogens is 149 g/mol. The summed E-state index contributed by atoms with van der Waals surface area (Å²) < 4.78 is 8.52. The minimum Gasteiger partial charge on any atom is -0.672 e. The van der Waals surface area contributed by atoms with Crippen LogP contribution in [-0.4, -0.2) is 26.5 Å². The summed E-state index contributed by atoms with van der Waals surface area (Å²) in [6, 6.07) is 0. The van der Waals surface area contributed by atoms with E-state index in [-0.39, 0.29) is 76.5 Å². The van der Waals surface area contributed by atoms with Gasteiger partial charge in [-0.1, -0.05) is 0 Å². The summed E-state index contributed by atoms with van der Waals surface area (Å²) in [6.45, 7) is 0. The maximum Gasteiger partial charge on any atom is 1.00 e. The van der Waals surface area contributed by atoms with Gasteiger partial charge in [-0.3, -0.25) is 0 Å². The summed E-state index contributed by atoms with van der Waals surface area (Å²) in [7, 11) is -3.63. The molecule has 0 rings (SSSR count). The third-order valence-electron chi connectivity index (χ3n) is 0. The molecule has 0 atom stereocenters. The van der Waals surface area contributed by atoms with E-state index in [2.05, 4.69) is 0 Å². The summed E-state index contributed by atoms with van der Waals surface area (Å²) in [6.07, 6.45) is 0. The molecule has 0 aliphatic carbocycles. The molecule has 0 unspecified atom stereocenters. The third kappa shape index (κ3) is 66.7. The second-order valence-corrected chi connectivity index (χ2v) is 0.750. The minimum atomic E-state index is -3.63. The largest absolute Gasteiger partial charge is 1.00 e. The van der Waals surface area contributed by atoms with E-state index in [1.165, 1.54) is 0 Å². The van der Waals surface area contributed by atoms with Gasteiger partial charge in [-0.15, -0.1) is 0 Å². The molecule has 0 aromatic heterocycles. The SMILES string of the molecule is O=[Si]([O-])[O-].[AlH3].[Na+].[Na+]. The van der Waals surface area contributed by atoms with Crippen LogP contribution in [0.15, 0.2) is 0 Å². The number of rotatable bonds is 0. The molecule has 0 amide bonds. The predicted octanol–water partition coefficient (Wildman–Crippen LogP) is -10.1.